The minimum atomic E-state index is -2.66. The van der Waals surface area contributed by atoms with Crippen LogP contribution in [0.4, 0.5) is 14.5 Å². The molecule has 0 atom stereocenters. The molecule has 1 amide bonds. The molecule has 1 N–H and O–H groups in total. The third-order valence-electron chi connectivity index (χ3n) is 2.44. The largest absolute Gasteiger partial charge is 0.320 e. The van der Waals surface area contributed by atoms with Gasteiger partial charge in [0.25, 0.3) is 17.9 Å². The summed E-state index contributed by atoms with van der Waals surface area (Å²) in [5.74, 6) is -0.490. The summed E-state index contributed by atoms with van der Waals surface area (Å²) in [7, 11) is 0. The van der Waals surface area contributed by atoms with E-state index in [9.17, 15) is 18.4 Å². The summed E-state index contributed by atoms with van der Waals surface area (Å²) < 4.78 is 25.8. The lowest BCUT2D eigenvalue weighted by molar-refractivity contribution is 0.103. The van der Waals surface area contributed by atoms with E-state index in [4.69, 9.17) is 23.2 Å². The predicted molar refractivity (Wildman–Crippen MR) is 79.0 cm³/mol. The normalized spacial score (nSPS) is 10.9. The van der Waals surface area contributed by atoms with E-state index in [1.54, 1.807) is 0 Å². The highest BCUT2D eigenvalue weighted by Crippen LogP contribution is 2.31. The van der Waals surface area contributed by atoms with Crippen molar-refractivity contribution < 1.29 is 13.6 Å². The smallest absolute Gasteiger partial charge is 0.265 e. The molecule has 0 spiro atoms. The Kier molecular flexibility index (Phi) is 4.97. The Bertz CT molecular complexity index is 711. The van der Waals surface area contributed by atoms with E-state index in [-0.39, 0.29) is 19.9 Å². The molecule has 0 aliphatic heterocycles. The van der Waals surface area contributed by atoms with Gasteiger partial charge in [0.1, 0.15) is 4.34 Å². The van der Waals surface area contributed by atoms with E-state index in [0.717, 1.165) is 28.2 Å². The summed E-state index contributed by atoms with van der Waals surface area (Å²) in [5, 5.41) is 2.75. The number of alkyl halides is 2. The maximum Gasteiger partial charge on any atom is 0.265 e. The van der Waals surface area contributed by atoms with Gasteiger partial charge in [-0.2, -0.15) is 0 Å². The molecule has 9 heteroatoms. The lowest BCUT2D eigenvalue weighted by Crippen LogP contribution is -2.23. The van der Waals surface area contributed by atoms with Gasteiger partial charge in [0.05, 0.1) is 22.1 Å². The van der Waals surface area contributed by atoms with Crippen molar-refractivity contribution in [2.75, 3.05) is 5.32 Å². The van der Waals surface area contributed by atoms with Crippen molar-refractivity contribution >= 4 is 46.1 Å². The van der Waals surface area contributed by atoms with Crippen LogP contribution >= 0.6 is 34.5 Å². The maximum atomic E-state index is 12.3. The molecule has 2 aromatic heterocycles. The zero-order chi connectivity index (χ0) is 15.6. The summed E-state index contributed by atoms with van der Waals surface area (Å²) in [6.45, 7) is -0.737. The number of hydrogen-bond acceptors (Lipinski definition) is 3. The monoisotopic (exact) mass is 352 g/mol. The topological polar surface area (TPSA) is 51.1 Å². The highest BCUT2D eigenvalue weighted by Gasteiger charge is 2.13. The molecule has 0 bridgehead atoms. The molecular weight excluding hydrogens is 345 g/mol. The number of amides is 1. The second kappa shape index (κ2) is 6.55. The molecule has 0 saturated heterocycles. The second-order valence-corrected chi connectivity index (χ2v) is 6.05. The number of rotatable bonds is 4. The summed E-state index contributed by atoms with van der Waals surface area (Å²) in [4.78, 5) is 23.6. The number of thiophene rings is 1. The zero-order valence-electron chi connectivity index (χ0n) is 10.3. The molecule has 2 heterocycles. The van der Waals surface area contributed by atoms with Gasteiger partial charge in [0, 0.05) is 12.3 Å². The fourth-order valence-corrected chi connectivity index (χ4v) is 2.81. The molecule has 0 fully saturated rings. The number of nitrogens with zero attached hydrogens (tertiary/aromatic N) is 1. The SMILES string of the molecule is O=C(Nc1ccc(=O)n(CC(F)F)c1)c1cc(Cl)c(Cl)s1. The van der Waals surface area contributed by atoms with Gasteiger partial charge < -0.3 is 9.88 Å². The van der Waals surface area contributed by atoms with Crippen molar-refractivity contribution in [3.05, 3.63) is 49.0 Å². The van der Waals surface area contributed by atoms with Crippen LogP contribution in [0, 0.1) is 0 Å². The summed E-state index contributed by atoms with van der Waals surface area (Å²) in [6.07, 6.45) is -1.51. The molecular formula is C12H8Cl2F2N2O2S. The number of pyridine rings is 1. The molecule has 0 unspecified atom stereocenters. The van der Waals surface area contributed by atoms with Crippen molar-refractivity contribution in [2.45, 2.75) is 13.0 Å². The Morgan fingerprint density at radius 2 is 2.10 bits per heavy atom. The number of hydrogen-bond donors (Lipinski definition) is 1. The van der Waals surface area contributed by atoms with Crippen LogP contribution in [0.3, 0.4) is 0 Å². The Morgan fingerprint density at radius 1 is 1.38 bits per heavy atom. The van der Waals surface area contributed by atoms with Crippen LogP contribution < -0.4 is 10.9 Å². The molecule has 21 heavy (non-hydrogen) atoms. The van der Waals surface area contributed by atoms with Gasteiger partial charge in [-0.25, -0.2) is 8.78 Å². The van der Waals surface area contributed by atoms with Gasteiger partial charge in [0.2, 0.25) is 0 Å². The third-order valence-corrected chi connectivity index (χ3v) is 4.31. The molecule has 0 aliphatic rings. The Balaban J connectivity index is 2.19. The third kappa shape index (κ3) is 4.03. The Morgan fingerprint density at radius 3 is 2.67 bits per heavy atom. The molecule has 0 saturated carbocycles. The first-order valence-electron chi connectivity index (χ1n) is 5.61. The first-order chi connectivity index (χ1) is 9.86. The summed E-state index contributed by atoms with van der Waals surface area (Å²) in [6, 6.07) is 3.84. The van der Waals surface area contributed by atoms with Crippen molar-refractivity contribution in [1.29, 1.82) is 0 Å². The highest BCUT2D eigenvalue weighted by atomic mass is 35.5. The number of anilines is 1. The number of halogens is 4. The van der Waals surface area contributed by atoms with Crippen LogP contribution in [0.2, 0.25) is 9.36 Å². The minimum absolute atomic E-state index is 0.223. The molecule has 0 aromatic carbocycles. The van der Waals surface area contributed by atoms with Crippen LogP contribution in [0.1, 0.15) is 9.67 Å². The molecule has 0 radical (unpaired) electrons. The minimum Gasteiger partial charge on any atom is -0.320 e. The van der Waals surface area contributed by atoms with Gasteiger partial charge in [0.15, 0.2) is 0 Å². The fraction of sp³-hybridized carbons (Fsp3) is 0.167. The van der Waals surface area contributed by atoms with E-state index in [2.05, 4.69) is 5.32 Å². The van der Waals surface area contributed by atoms with Gasteiger partial charge in [-0.15, -0.1) is 11.3 Å². The Labute approximate surface area is 131 Å². The maximum absolute atomic E-state index is 12.3. The summed E-state index contributed by atoms with van der Waals surface area (Å²) >= 11 is 12.5. The van der Waals surface area contributed by atoms with Crippen molar-refractivity contribution in [3.8, 4) is 0 Å². The zero-order valence-corrected chi connectivity index (χ0v) is 12.6. The van der Waals surface area contributed by atoms with Crippen molar-refractivity contribution in [2.24, 2.45) is 0 Å². The quantitative estimate of drug-likeness (QED) is 0.911. The average molecular weight is 353 g/mol. The van der Waals surface area contributed by atoms with Gasteiger partial charge in [-0.05, 0) is 12.1 Å². The lowest BCUT2D eigenvalue weighted by Gasteiger charge is -2.08. The number of aromatic nitrogens is 1. The van der Waals surface area contributed by atoms with Crippen molar-refractivity contribution in [1.82, 2.24) is 4.57 Å². The first kappa shape index (κ1) is 15.9. The Hall–Kier alpha value is -1.44. The fourth-order valence-electron chi connectivity index (χ4n) is 1.55. The highest BCUT2D eigenvalue weighted by molar-refractivity contribution is 7.18. The van der Waals surface area contributed by atoms with Crippen LogP contribution in [0.5, 0.6) is 0 Å². The van der Waals surface area contributed by atoms with E-state index in [1.165, 1.54) is 12.1 Å². The first-order valence-corrected chi connectivity index (χ1v) is 7.19. The van der Waals surface area contributed by atoms with Gasteiger partial charge >= 0.3 is 0 Å². The van der Waals surface area contributed by atoms with Crippen molar-refractivity contribution in [3.63, 3.8) is 0 Å². The molecule has 0 aliphatic carbocycles. The molecule has 4 nitrogen and oxygen atoms in total. The van der Waals surface area contributed by atoms with E-state index in [1.807, 2.05) is 0 Å². The standard InChI is InChI=1S/C12H8Cl2F2N2O2S/c13-7-3-8(21-11(7)14)12(20)17-6-1-2-10(19)18(4-6)5-9(15)16/h1-4,9H,5H2,(H,17,20). The van der Waals surface area contributed by atoms with E-state index < -0.39 is 24.4 Å². The second-order valence-electron chi connectivity index (χ2n) is 3.99. The number of carbonyl (C=O) groups is 1. The van der Waals surface area contributed by atoms with Crippen LogP contribution in [-0.4, -0.2) is 16.9 Å². The van der Waals surface area contributed by atoms with E-state index in [0.29, 0.717) is 0 Å². The van der Waals surface area contributed by atoms with Gasteiger partial charge in [-0.1, -0.05) is 23.2 Å². The number of nitrogens with one attached hydrogen (secondary N) is 1. The van der Waals surface area contributed by atoms with E-state index >= 15 is 0 Å². The number of carbonyl (C=O) groups excluding carboxylic acids is 1. The molecule has 2 rings (SSSR count). The molecule has 2 aromatic rings. The average Bonchev–Trinajstić information content (AvgIpc) is 2.73. The van der Waals surface area contributed by atoms with Crippen LogP contribution in [0.25, 0.3) is 0 Å². The van der Waals surface area contributed by atoms with Gasteiger partial charge in [-0.3, -0.25) is 9.59 Å². The molecule has 112 valence electrons. The lowest BCUT2D eigenvalue weighted by atomic mass is 10.3. The van der Waals surface area contributed by atoms with Crippen LogP contribution in [0.15, 0.2) is 29.2 Å². The summed E-state index contributed by atoms with van der Waals surface area (Å²) in [5.41, 5.74) is -0.351. The predicted octanol–water partition coefficient (Wildman–Crippen LogP) is 3.73. The van der Waals surface area contributed by atoms with Crippen LogP contribution in [-0.2, 0) is 6.54 Å².